The molecule has 39 heavy (non-hydrogen) atoms. The fourth-order valence-electron chi connectivity index (χ4n) is 3.64. The molecule has 2 N–H and O–H groups in total. The molecular weight excluding hydrogens is 562 g/mol. The summed E-state index contributed by atoms with van der Waals surface area (Å²) >= 11 is 12.4. The number of alkyl halides is 3. The Bertz CT molecular complexity index is 1550. The summed E-state index contributed by atoms with van der Waals surface area (Å²) in [4.78, 5) is 30.6. The van der Waals surface area contributed by atoms with Crippen molar-refractivity contribution < 1.29 is 22.8 Å². The van der Waals surface area contributed by atoms with Gasteiger partial charge in [-0.2, -0.15) is 18.3 Å². The molecule has 3 aromatic heterocycles. The number of aryl methyl sites for hydroxylation is 1. The number of nitrogens with one attached hydrogen (secondary N) is 2. The zero-order valence-corrected chi connectivity index (χ0v) is 22.1. The Balaban J connectivity index is 1.77. The van der Waals surface area contributed by atoms with E-state index in [2.05, 4.69) is 36.2 Å². The van der Waals surface area contributed by atoms with Gasteiger partial charge in [0.15, 0.2) is 5.82 Å². The van der Waals surface area contributed by atoms with Crippen molar-refractivity contribution in [3.8, 4) is 5.82 Å². The number of tetrazole rings is 1. The highest BCUT2D eigenvalue weighted by Gasteiger charge is 2.38. The van der Waals surface area contributed by atoms with Crippen LogP contribution < -0.4 is 10.6 Å². The van der Waals surface area contributed by atoms with E-state index in [0.29, 0.717) is 10.2 Å². The third-order valence-electron chi connectivity index (χ3n) is 5.23. The normalized spacial score (nSPS) is 11.6. The van der Waals surface area contributed by atoms with E-state index in [1.54, 1.807) is 32.9 Å². The van der Waals surface area contributed by atoms with Crippen molar-refractivity contribution in [2.75, 3.05) is 5.32 Å². The molecule has 0 saturated heterocycles. The molecular formula is C23H20Cl2F3N9O2. The summed E-state index contributed by atoms with van der Waals surface area (Å²) in [6.07, 6.45) is -3.40. The molecule has 0 aliphatic heterocycles. The Morgan fingerprint density at radius 1 is 1.13 bits per heavy atom. The van der Waals surface area contributed by atoms with Crippen LogP contribution in [0.5, 0.6) is 0 Å². The predicted molar refractivity (Wildman–Crippen MR) is 135 cm³/mol. The lowest BCUT2D eigenvalue weighted by Crippen LogP contribution is -2.31. The highest BCUT2D eigenvalue weighted by molar-refractivity contribution is 6.32. The first-order valence-electron chi connectivity index (χ1n) is 11.3. The number of nitrogens with zero attached hydrogens (tertiary/aromatic N) is 7. The van der Waals surface area contributed by atoms with Crippen LogP contribution in [0.15, 0.2) is 36.5 Å². The molecule has 0 bridgehead atoms. The second kappa shape index (κ2) is 11.0. The maximum absolute atomic E-state index is 13.6. The predicted octanol–water partition coefficient (Wildman–Crippen LogP) is 4.33. The Morgan fingerprint density at radius 2 is 1.87 bits per heavy atom. The van der Waals surface area contributed by atoms with Crippen LogP contribution in [-0.2, 0) is 12.7 Å². The molecule has 0 aliphatic carbocycles. The number of halogens is 5. The fraction of sp³-hybridized carbons (Fsp3) is 0.261. The van der Waals surface area contributed by atoms with Crippen LogP contribution in [0.2, 0.25) is 10.0 Å². The van der Waals surface area contributed by atoms with Crippen LogP contribution in [-0.4, -0.2) is 52.8 Å². The van der Waals surface area contributed by atoms with Gasteiger partial charge in [-0.1, -0.05) is 23.2 Å². The molecule has 0 spiro atoms. The van der Waals surface area contributed by atoms with Crippen LogP contribution in [0.3, 0.4) is 0 Å². The number of anilines is 1. The highest BCUT2D eigenvalue weighted by atomic mass is 35.5. The van der Waals surface area contributed by atoms with Crippen LogP contribution in [0.1, 0.15) is 51.8 Å². The fourth-order valence-corrected chi connectivity index (χ4v) is 4.11. The van der Waals surface area contributed by atoms with Gasteiger partial charge in [0.2, 0.25) is 0 Å². The summed E-state index contributed by atoms with van der Waals surface area (Å²) in [7, 11) is 0. The van der Waals surface area contributed by atoms with E-state index in [-0.39, 0.29) is 44.5 Å². The number of hydrogen-bond donors (Lipinski definition) is 2. The Labute approximate surface area is 229 Å². The third-order valence-corrected chi connectivity index (χ3v) is 5.75. The summed E-state index contributed by atoms with van der Waals surface area (Å²) in [5.74, 6) is -2.50. The number of benzene rings is 1. The SMILES string of the molecule is Cc1cc(Cl)cc(C(=O)NC(C)C)c1NC(=O)c1cc(Cn2nnnc2C(F)(F)F)nn1-c1ncccc1Cl. The van der Waals surface area contributed by atoms with Crippen molar-refractivity contribution in [3.63, 3.8) is 0 Å². The Hall–Kier alpha value is -4.04. The van der Waals surface area contributed by atoms with Crippen molar-refractivity contribution >= 4 is 40.7 Å². The second-order valence-electron chi connectivity index (χ2n) is 8.63. The molecule has 0 atom stereocenters. The highest BCUT2D eigenvalue weighted by Crippen LogP contribution is 2.29. The molecule has 1 aromatic carbocycles. The van der Waals surface area contributed by atoms with E-state index in [9.17, 15) is 22.8 Å². The first-order valence-corrected chi connectivity index (χ1v) is 12.1. The number of carbonyl (C=O) groups is 2. The minimum absolute atomic E-state index is 0.00488. The number of aromatic nitrogens is 7. The molecule has 2 amide bonds. The summed E-state index contributed by atoms with van der Waals surface area (Å²) in [5, 5.41) is 19.6. The quantitative estimate of drug-likeness (QED) is 0.332. The van der Waals surface area contributed by atoms with E-state index in [4.69, 9.17) is 23.2 Å². The monoisotopic (exact) mass is 581 g/mol. The summed E-state index contributed by atoms with van der Waals surface area (Å²) in [5.41, 5.74) is 0.675. The number of carbonyl (C=O) groups excluding carboxylic acids is 2. The van der Waals surface area contributed by atoms with E-state index in [1.165, 1.54) is 24.4 Å². The number of rotatable bonds is 7. The van der Waals surface area contributed by atoms with Crippen LogP contribution >= 0.6 is 23.2 Å². The number of hydrogen-bond acceptors (Lipinski definition) is 7. The van der Waals surface area contributed by atoms with Gasteiger partial charge in [0.25, 0.3) is 17.6 Å². The largest absolute Gasteiger partial charge is 0.453 e. The first kappa shape index (κ1) is 28.0. The van der Waals surface area contributed by atoms with Crippen LogP contribution in [0.25, 0.3) is 5.82 Å². The van der Waals surface area contributed by atoms with Crippen molar-refractivity contribution in [2.45, 2.75) is 39.5 Å². The average Bonchev–Trinajstić information content (AvgIpc) is 3.48. The third kappa shape index (κ3) is 6.17. The van der Waals surface area contributed by atoms with E-state index in [0.717, 1.165) is 4.68 Å². The van der Waals surface area contributed by atoms with Gasteiger partial charge in [-0.3, -0.25) is 9.59 Å². The molecule has 4 rings (SSSR count). The van der Waals surface area contributed by atoms with Gasteiger partial charge < -0.3 is 10.6 Å². The van der Waals surface area contributed by atoms with Crippen molar-refractivity contribution in [3.05, 3.63) is 74.9 Å². The van der Waals surface area contributed by atoms with Gasteiger partial charge in [-0.05, 0) is 67.1 Å². The lowest BCUT2D eigenvalue weighted by atomic mass is 10.1. The molecule has 3 heterocycles. The van der Waals surface area contributed by atoms with Crippen LogP contribution in [0, 0.1) is 6.92 Å². The zero-order valence-electron chi connectivity index (χ0n) is 20.6. The van der Waals surface area contributed by atoms with Gasteiger partial charge in [-0.15, -0.1) is 5.10 Å². The van der Waals surface area contributed by atoms with E-state index in [1.807, 2.05) is 0 Å². The minimum Gasteiger partial charge on any atom is -0.350 e. The summed E-state index contributed by atoms with van der Waals surface area (Å²) < 4.78 is 41.4. The summed E-state index contributed by atoms with van der Waals surface area (Å²) in [6, 6.07) is 7.11. The maximum atomic E-state index is 13.6. The molecule has 11 nitrogen and oxygen atoms in total. The standard InChI is InChI=1S/C23H20Cl2F3N9O2/c1-11(2)30-20(38)15-8-13(24)7-12(3)18(15)31-21(39)17-9-14(10-36-22(23(26,27)28)32-34-35-36)33-37(17)19-16(25)5-4-6-29-19/h4-9,11H,10H2,1-3H3,(H,30,38)(H,31,39). The van der Waals surface area contributed by atoms with Gasteiger partial charge in [0, 0.05) is 17.3 Å². The van der Waals surface area contributed by atoms with Gasteiger partial charge in [0.05, 0.1) is 28.5 Å². The van der Waals surface area contributed by atoms with Gasteiger partial charge in [0.1, 0.15) is 5.69 Å². The Morgan fingerprint density at radius 3 is 2.54 bits per heavy atom. The lowest BCUT2D eigenvalue weighted by Gasteiger charge is -2.16. The van der Waals surface area contributed by atoms with Crippen LogP contribution in [0.4, 0.5) is 18.9 Å². The van der Waals surface area contributed by atoms with Gasteiger partial charge >= 0.3 is 6.18 Å². The smallest absolute Gasteiger partial charge is 0.350 e. The maximum Gasteiger partial charge on any atom is 0.453 e. The molecule has 0 fully saturated rings. The topological polar surface area (TPSA) is 133 Å². The molecule has 0 unspecified atom stereocenters. The minimum atomic E-state index is -4.81. The van der Waals surface area contributed by atoms with Crippen molar-refractivity contribution in [1.29, 1.82) is 0 Å². The molecule has 204 valence electrons. The van der Waals surface area contributed by atoms with Crippen molar-refractivity contribution in [1.82, 2.24) is 40.3 Å². The number of pyridine rings is 1. The second-order valence-corrected chi connectivity index (χ2v) is 9.47. The van der Waals surface area contributed by atoms with E-state index < -0.39 is 30.4 Å². The summed E-state index contributed by atoms with van der Waals surface area (Å²) in [6.45, 7) is 4.70. The zero-order chi connectivity index (χ0) is 28.5. The van der Waals surface area contributed by atoms with E-state index >= 15 is 0 Å². The van der Waals surface area contributed by atoms with Gasteiger partial charge in [-0.25, -0.2) is 14.3 Å². The molecule has 0 aliphatic rings. The molecule has 16 heteroatoms. The Kier molecular flexibility index (Phi) is 7.88. The van der Waals surface area contributed by atoms with Crippen molar-refractivity contribution in [2.24, 2.45) is 0 Å². The number of amides is 2. The molecule has 4 aromatic rings. The first-order chi connectivity index (χ1) is 18.3. The molecule has 0 radical (unpaired) electrons. The average molecular weight is 582 g/mol. The lowest BCUT2D eigenvalue weighted by molar-refractivity contribution is -0.147. The molecule has 0 saturated carbocycles.